The predicted molar refractivity (Wildman–Crippen MR) is 114 cm³/mol. The predicted octanol–water partition coefficient (Wildman–Crippen LogP) is 1.60. The van der Waals surface area contributed by atoms with E-state index in [9.17, 15) is 14.4 Å². The van der Waals surface area contributed by atoms with Gasteiger partial charge in [-0.3, -0.25) is 14.2 Å². The highest BCUT2D eigenvalue weighted by molar-refractivity contribution is 6.01. The van der Waals surface area contributed by atoms with Crippen molar-refractivity contribution in [3.8, 4) is 0 Å². The number of hydrogen-bond donors (Lipinski definition) is 1. The fourth-order valence-electron chi connectivity index (χ4n) is 3.45. The number of para-hydroxylation sites is 1. The van der Waals surface area contributed by atoms with Crippen molar-refractivity contribution < 1.29 is 14.3 Å². The minimum absolute atomic E-state index is 0.223. The Morgan fingerprint density at radius 2 is 1.94 bits per heavy atom. The molecule has 10 nitrogen and oxygen atoms in total. The van der Waals surface area contributed by atoms with Crippen LogP contribution in [0.25, 0.3) is 11.0 Å². The minimum atomic E-state index is -0.533. The highest BCUT2D eigenvalue weighted by Crippen LogP contribution is 2.17. The third-order valence-electron chi connectivity index (χ3n) is 4.97. The zero-order valence-electron chi connectivity index (χ0n) is 17.1. The van der Waals surface area contributed by atoms with Gasteiger partial charge in [0.15, 0.2) is 5.65 Å². The molecular formula is C21H22N6O4. The molecule has 10 heteroatoms. The molecule has 1 saturated heterocycles. The first-order valence-electron chi connectivity index (χ1n) is 10.1. The molecular weight excluding hydrogens is 400 g/mol. The molecule has 1 amide bonds. The first-order valence-corrected chi connectivity index (χ1v) is 10.1. The van der Waals surface area contributed by atoms with Gasteiger partial charge in [-0.15, -0.1) is 0 Å². The van der Waals surface area contributed by atoms with E-state index in [1.165, 1.54) is 17.1 Å². The normalized spacial score (nSPS) is 13.4. The van der Waals surface area contributed by atoms with Crippen LogP contribution in [0, 0.1) is 0 Å². The number of ether oxygens (including phenoxy) is 1. The molecule has 1 aliphatic heterocycles. The van der Waals surface area contributed by atoms with Crippen LogP contribution in [0.4, 0.5) is 11.6 Å². The van der Waals surface area contributed by atoms with Gasteiger partial charge >= 0.3 is 5.97 Å². The first-order chi connectivity index (χ1) is 15.1. The zero-order chi connectivity index (χ0) is 21.8. The van der Waals surface area contributed by atoms with E-state index >= 15 is 0 Å². The van der Waals surface area contributed by atoms with Crippen molar-refractivity contribution in [2.75, 3.05) is 29.9 Å². The van der Waals surface area contributed by atoms with E-state index < -0.39 is 17.4 Å². The van der Waals surface area contributed by atoms with Crippen LogP contribution in [0.1, 0.15) is 30.1 Å². The van der Waals surface area contributed by atoms with Crippen molar-refractivity contribution in [3.05, 3.63) is 52.7 Å². The Balaban J connectivity index is 1.53. The maximum Gasteiger partial charge on any atom is 0.340 e. The standard InChI is InChI=1S/C21H22N6O4/c1-2-31-20(30)14-7-3-4-8-16(14)24-17(28)12-27-13-23-18-15(19(27)29)11-22-21(25-18)26-9-5-6-10-26/h3-4,7-8,11,13H,2,5-6,9-10,12H2,1H3,(H,24,28). The number of fused-ring (bicyclic) bond motifs is 1. The molecule has 0 atom stereocenters. The van der Waals surface area contributed by atoms with Gasteiger partial charge in [-0.25, -0.2) is 14.8 Å². The summed E-state index contributed by atoms with van der Waals surface area (Å²) in [4.78, 5) is 52.4. The van der Waals surface area contributed by atoms with Gasteiger partial charge in [0.2, 0.25) is 11.9 Å². The number of hydrogen-bond acceptors (Lipinski definition) is 8. The van der Waals surface area contributed by atoms with Gasteiger partial charge in [0.05, 0.1) is 17.9 Å². The quantitative estimate of drug-likeness (QED) is 0.595. The lowest BCUT2D eigenvalue weighted by atomic mass is 10.2. The second-order valence-corrected chi connectivity index (χ2v) is 7.09. The number of carbonyl (C=O) groups is 2. The number of amides is 1. The van der Waals surface area contributed by atoms with Crippen molar-refractivity contribution >= 4 is 34.5 Å². The van der Waals surface area contributed by atoms with E-state index in [-0.39, 0.29) is 24.1 Å². The van der Waals surface area contributed by atoms with E-state index in [4.69, 9.17) is 4.74 Å². The number of anilines is 2. The summed E-state index contributed by atoms with van der Waals surface area (Å²) in [6.07, 6.45) is 4.92. The summed E-state index contributed by atoms with van der Waals surface area (Å²) in [6.45, 7) is 3.43. The van der Waals surface area contributed by atoms with Gasteiger partial charge in [0.1, 0.15) is 18.3 Å². The zero-order valence-corrected chi connectivity index (χ0v) is 17.1. The number of carbonyl (C=O) groups excluding carboxylic acids is 2. The summed E-state index contributed by atoms with van der Waals surface area (Å²) in [5.74, 6) is -0.452. The van der Waals surface area contributed by atoms with E-state index in [2.05, 4.69) is 25.2 Å². The third kappa shape index (κ3) is 4.37. The number of benzene rings is 1. The second kappa shape index (κ2) is 8.90. The molecule has 1 aromatic carbocycles. The molecule has 3 heterocycles. The average Bonchev–Trinajstić information content (AvgIpc) is 3.31. The molecule has 0 spiro atoms. The maximum absolute atomic E-state index is 12.8. The molecule has 0 aliphatic carbocycles. The lowest BCUT2D eigenvalue weighted by molar-refractivity contribution is -0.116. The Morgan fingerprint density at radius 1 is 1.16 bits per heavy atom. The van der Waals surface area contributed by atoms with Gasteiger partial charge in [0.25, 0.3) is 5.56 Å². The van der Waals surface area contributed by atoms with Crippen LogP contribution in [0.3, 0.4) is 0 Å². The van der Waals surface area contributed by atoms with Crippen molar-refractivity contribution in [2.45, 2.75) is 26.3 Å². The molecule has 1 aliphatic rings. The van der Waals surface area contributed by atoms with E-state index in [0.717, 1.165) is 25.9 Å². The van der Waals surface area contributed by atoms with E-state index in [0.29, 0.717) is 17.3 Å². The van der Waals surface area contributed by atoms with Gasteiger partial charge in [0, 0.05) is 19.3 Å². The van der Waals surface area contributed by atoms with Crippen LogP contribution in [-0.4, -0.2) is 51.1 Å². The van der Waals surface area contributed by atoms with Crippen LogP contribution in [0.5, 0.6) is 0 Å². The summed E-state index contributed by atoms with van der Waals surface area (Å²) in [7, 11) is 0. The molecule has 4 rings (SSSR count). The molecule has 31 heavy (non-hydrogen) atoms. The van der Waals surface area contributed by atoms with Crippen LogP contribution in [-0.2, 0) is 16.1 Å². The van der Waals surface area contributed by atoms with E-state index in [1.807, 2.05) is 0 Å². The van der Waals surface area contributed by atoms with Crippen LogP contribution >= 0.6 is 0 Å². The summed E-state index contributed by atoms with van der Waals surface area (Å²) < 4.78 is 6.19. The smallest absolute Gasteiger partial charge is 0.340 e. The summed E-state index contributed by atoms with van der Waals surface area (Å²) >= 11 is 0. The second-order valence-electron chi connectivity index (χ2n) is 7.09. The lowest BCUT2D eigenvalue weighted by Crippen LogP contribution is -2.29. The highest BCUT2D eigenvalue weighted by atomic mass is 16.5. The van der Waals surface area contributed by atoms with Crippen LogP contribution < -0.4 is 15.8 Å². The largest absolute Gasteiger partial charge is 0.462 e. The van der Waals surface area contributed by atoms with Crippen LogP contribution in [0.15, 0.2) is 41.6 Å². The number of rotatable bonds is 6. The van der Waals surface area contributed by atoms with Crippen molar-refractivity contribution in [1.29, 1.82) is 0 Å². The van der Waals surface area contributed by atoms with Crippen molar-refractivity contribution in [2.24, 2.45) is 0 Å². The summed E-state index contributed by atoms with van der Waals surface area (Å²) in [6, 6.07) is 6.53. The Labute approximate surface area is 177 Å². The molecule has 0 unspecified atom stereocenters. The van der Waals surface area contributed by atoms with Crippen molar-refractivity contribution in [3.63, 3.8) is 0 Å². The molecule has 2 aromatic heterocycles. The Morgan fingerprint density at radius 3 is 2.71 bits per heavy atom. The molecule has 1 N–H and O–H groups in total. The minimum Gasteiger partial charge on any atom is -0.462 e. The van der Waals surface area contributed by atoms with Crippen LogP contribution in [0.2, 0.25) is 0 Å². The highest BCUT2D eigenvalue weighted by Gasteiger charge is 2.18. The van der Waals surface area contributed by atoms with Gasteiger partial charge < -0.3 is 15.0 Å². The Hall–Kier alpha value is -3.82. The molecule has 0 radical (unpaired) electrons. The number of esters is 1. The van der Waals surface area contributed by atoms with Gasteiger partial charge in [-0.05, 0) is 31.9 Å². The number of aromatic nitrogens is 4. The number of nitrogens with one attached hydrogen (secondary N) is 1. The van der Waals surface area contributed by atoms with Gasteiger partial charge in [-0.2, -0.15) is 4.98 Å². The first kappa shape index (κ1) is 20.5. The number of nitrogens with zero attached hydrogens (tertiary/aromatic N) is 5. The summed E-state index contributed by atoms with van der Waals surface area (Å²) in [5.41, 5.74) is 0.439. The monoisotopic (exact) mass is 422 g/mol. The molecule has 3 aromatic rings. The summed E-state index contributed by atoms with van der Waals surface area (Å²) in [5, 5.41) is 2.90. The fraction of sp³-hybridized carbons (Fsp3) is 0.333. The average molecular weight is 422 g/mol. The maximum atomic E-state index is 12.8. The lowest BCUT2D eigenvalue weighted by Gasteiger charge is -2.15. The van der Waals surface area contributed by atoms with Gasteiger partial charge in [-0.1, -0.05) is 12.1 Å². The molecule has 1 fully saturated rings. The topological polar surface area (TPSA) is 119 Å². The fourth-order valence-corrected chi connectivity index (χ4v) is 3.45. The Bertz CT molecular complexity index is 1190. The Kier molecular flexibility index (Phi) is 5.87. The van der Waals surface area contributed by atoms with E-state index in [1.54, 1.807) is 31.2 Å². The van der Waals surface area contributed by atoms with Crippen molar-refractivity contribution in [1.82, 2.24) is 19.5 Å². The molecule has 0 bridgehead atoms. The third-order valence-corrected chi connectivity index (χ3v) is 4.97. The SMILES string of the molecule is CCOC(=O)c1ccccc1NC(=O)Cn1cnc2nc(N3CCCC3)ncc2c1=O. The molecule has 160 valence electrons. The molecule has 0 saturated carbocycles.